The molecule has 0 radical (unpaired) electrons. The van der Waals surface area contributed by atoms with Crippen molar-refractivity contribution in [2.24, 2.45) is 5.92 Å². The van der Waals surface area contributed by atoms with Gasteiger partial charge in [0.25, 0.3) is 5.91 Å². The van der Waals surface area contributed by atoms with Gasteiger partial charge in [-0.05, 0) is 38.5 Å². The summed E-state index contributed by atoms with van der Waals surface area (Å²) in [7, 11) is 0. The van der Waals surface area contributed by atoms with E-state index in [1.54, 1.807) is 29.2 Å². The zero-order valence-corrected chi connectivity index (χ0v) is 15.9. The molecule has 1 N–H and O–H groups in total. The Kier molecular flexibility index (Phi) is 5.56. The monoisotopic (exact) mass is 399 g/mol. The van der Waals surface area contributed by atoms with Crippen LogP contribution in [-0.4, -0.2) is 66.3 Å². The maximum Gasteiger partial charge on any atom is 0.394 e. The first-order chi connectivity index (χ1) is 13.1. The second-order valence-electron chi connectivity index (χ2n) is 7.60. The van der Waals surface area contributed by atoms with Gasteiger partial charge in [0.05, 0.1) is 24.7 Å². The zero-order valence-electron chi connectivity index (χ0n) is 15.9. The average molecular weight is 399 g/mol. The predicted octanol–water partition coefficient (Wildman–Crippen LogP) is 3.35. The molecule has 1 aromatic carbocycles. The van der Waals surface area contributed by atoms with Crippen LogP contribution < -0.4 is 5.32 Å². The number of halogens is 3. The molecule has 3 amide bonds. The molecule has 0 spiro atoms. The zero-order chi connectivity index (χ0) is 20.5. The van der Waals surface area contributed by atoms with Crippen LogP contribution in [0.25, 0.3) is 0 Å². The second-order valence-corrected chi connectivity index (χ2v) is 7.60. The van der Waals surface area contributed by atoms with Gasteiger partial charge < -0.3 is 19.9 Å². The summed E-state index contributed by atoms with van der Waals surface area (Å²) in [5.41, 5.74) is -0.562. The number of hydrogen-bond donors (Lipinski definition) is 1. The number of anilines is 1. The Labute approximate surface area is 161 Å². The Hall–Kier alpha value is -2.29. The van der Waals surface area contributed by atoms with E-state index in [-0.39, 0.29) is 18.9 Å². The number of likely N-dealkylation sites (tertiary alicyclic amines) is 1. The van der Waals surface area contributed by atoms with Crippen molar-refractivity contribution in [3.8, 4) is 0 Å². The van der Waals surface area contributed by atoms with Crippen LogP contribution in [0, 0.1) is 5.92 Å². The topological polar surface area (TPSA) is 61.9 Å². The molecule has 6 nitrogen and oxygen atoms in total. The number of hydrogen-bond acceptors (Lipinski definition) is 3. The lowest BCUT2D eigenvalue weighted by Gasteiger charge is -2.36. The van der Waals surface area contributed by atoms with Crippen LogP contribution >= 0.6 is 0 Å². The van der Waals surface area contributed by atoms with Crippen LogP contribution in [-0.2, 0) is 4.74 Å². The molecule has 2 aliphatic heterocycles. The third kappa shape index (κ3) is 4.09. The van der Waals surface area contributed by atoms with Crippen LogP contribution in [0.15, 0.2) is 24.3 Å². The van der Waals surface area contributed by atoms with Crippen molar-refractivity contribution in [3.05, 3.63) is 29.8 Å². The number of alkyl halides is 3. The van der Waals surface area contributed by atoms with Crippen molar-refractivity contribution in [1.29, 1.82) is 0 Å². The van der Waals surface area contributed by atoms with Crippen LogP contribution in [0.2, 0.25) is 0 Å². The molecular formula is C19H24F3N3O3. The Morgan fingerprint density at radius 3 is 2.46 bits per heavy atom. The molecule has 2 heterocycles. The fraction of sp³-hybridized carbons (Fsp3) is 0.579. The van der Waals surface area contributed by atoms with Crippen molar-refractivity contribution >= 4 is 17.6 Å². The molecule has 28 heavy (non-hydrogen) atoms. The number of benzene rings is 1. The Morgan fingerprint density at radius 1 is 1.18 bits per heavy atom. The number of carbonyl (C=O) groups excluding carboxylic acids is 2. The standard InChI is InChI=1S/C19H24F3N3O3/c1-18(2)15(19(20,21)22)6-7-25(18)17(27)23-14-5-3-4-13(12-14)16(26)24-8-10-28-11-9-24/h3-5,12,15H,6-11H2,1-2H3,(H,23,27)/t15-/m0/s1. The van der Waals surface area contributed by atoms with Gasteiger partial charge in [0.15, 0.2) is 0 Å². The number of nitrogens with one attached hydrogen (secondary N) is 1. The van der Waals surface area contributed by atoms with E-state index in [1.807, 2.05) is 0 Å². The minimum atomic E-state index is -4.36. The largest absolute Gasteiger partial charge is 0.394 e. The SMILES string of the molecule is CC1(C)[C@@H](C(F)(F)F)CCN1C(=O)Nc1cccc(C(=O)N2CCOCC2)c1. The van der Waals surface area contributed by atoms with E-state index < -0.39 is 23.7 Å². The molecular weight excluding hydrogens is 375 g/mol. The van der Waals surface area contributed by atoms with E-state index in [9.17, 15) is 22.8 Å². The number of carbonyl (C=O) groups is 2. The predicted molar refractivity (Wildman–Crippen MR) is 97.1 cm³/mol. The van der Waals surface area contributed by atoms with E-state index in [0.29, 0.717) is 37.6 Å². The normalized spacial score (nSPS) is 22.2. The van der Waals surface area contributed by atoms with Gasteiger partial charge in [-0.15, -0.1) is 0 Å². The van der Waals surface area contributed by atoms with E-state index in [1.165, 1.54) is 18.7 Å². The Bertz CT molecular complexity index is 745. The quantitative estimate of drug-likeness (QED) is 0.830. The van der Waals surface area contributed by atoms with Gasteiger partial charge in [0, 0.05) is 30.9 Å². The number of morpholine rings is 1. The van der Waals surface area contributed by atoms with Gasteiger partial charge >= 0.3 is 12.2 Å². The van der Waals surface area contributed by atoms with E-state index in [4.69, 9.17) is 4.74 Å². The molecule has 0 saturated carbocycles. The fourth-order valence-corrected chi connectivity index (χ4v) is 3.89. The molecule has 0 aliphatic carbocycles. The minimum Gasteiger partial charge on any atom is -0.378 e. The van der Waals surface area contributed by atoms with E-state index in [2.05, 4.69) is 5.32 Å². The highest BCUT2D eigenvalue weighted by atomic mass is 19.4. The Morgan fingerprint density at radius 2 is 1.86 bits per heavy atom. The molecule has 2 saturated heterocycles. The number of ether oxygens (including phenoxy) is 1. The van der Waals surface area contributed by atoms with Gasteiger partial charge in [0.1, 0.15) is 0 Å². The smallest absolute Gasteiger partial charge is 0.378 e. The van der Waals surface area contributed by atoms with Crippen molar-refractivity contribution < 1.29 is 27.5 Å². The van der Waals surface area contributed by atoms with E-state index in [0.717, 1.165) is 0 Å². The van der Waals surface area contributed by atoms with Crippen molar-refractivity contribution in [1.82, 2.24) is 9.80 Å². The minimum absolute atomic E-state index is 0.0232. The van der Waals surface area contributed by atoms with E-state index >= 15 is 0 Å². The molecule has 1 aromatic rings. The number of rotatable bonds is 2. The van der Waals surface area contributed by atoms with Gasteiger partial charge in [-0.3, -0.25) is 4.79 Å². The third-order valence-electron chi connectivity index (χ3n) is 5.49. The Balaban J connectivity index is 1.70. The number of nitrogens with zero attached hydrogens (tertiary/aromatic N) is 2. The molecule has 0 unspecified atom stereocenters. The van der Waals surface area contributed by atoms with Crippen molar-refractivity contribution in [3.63, 3.8) is 0 Å². The lowest BCUT2D eigenvalue weighted by atomic mass is 9.88. The summed E-state index contributed by atoms with van der Waals surface area (Å²) in [5, 5.41) is 2.63. The van der Waals surface area contributed by atoms with Crippen LogP contribution in [0.4, 0.5) is 23.7 Å². The maximum absolute atomic E-state index is 13.2. The lowest BCUT2D eigenvalue weighted by molar-refractivity contribution is -0.189. The number of amides is 3. The molecule has 3 rings (SSSR count). The van der Waals surface area contributed by atoms with Crippen molar-refractivity contribution in [2.45, 2.75) is 32.0 Å². The highest BCUT2D eigenvalue weighted by Gasteiger charge is 2.56. The van der Waals surface area contributed by atoms with Crippen LogP contribution in [0.5, 0.6) is 0 Å². The van der Waals surface area contributed by atoms with Crippen LogP contribution in [0.1, 0.15) is 30.6 Å². The molecule has 1 atom stereocenters. The molecule has 2 aliphatic rings. The summed E-state index contributed by atoms with van der Waals surface area (Å²) in [6, 6.07) is 5.83. The highest BCUT2D eigenvalue weighted by Crippen LogP contribution is 2.44. The molecule has 2 fully saturated rings. The highest BCUT2D eigenvalue weighted by molar-refractivity contribution is 5.97. The van der Waals surface area contributed by atoms with Gasteiger partial charge in [0.2, 0.25) is 0 Å². The second kappa shape index (κ2) is 7.62. The first-order valence-corrected chi connectivity index (χ1v) is 9.23. The maximum atomic E-state index is 13.2. The first-order valence-electron chi connectivity index (χ1n) is 9.23. The van der Waals surface area contributed by atoms with Gasteiger partial charge in [-0.2, -0.15) is 13.2 Å². The summed E-state index contributed by atoms with van der Waals surface area (Å²) >= 11 is 0. The summed E-state index contributed by atoms with van der Waals surface area (Å²) in [5.74, 6) is -1.74. The number of urea groups is 1. The summed E-state index contributed by atoms with van der Waals surface area (Å²) < 4.78 is 44.9. The molecule has 154 valence electrons. The van der Waals surface area contributed by atoms with Gasteiger partial charge in [-0.25, -0.2) is 4.79 Å². The average Bonchev–Trinajstić information content (AvgIpc) is 2.97. The van der Waals surface area contributed by atoms with Crippen molar-refractivity contribution in [2.75, 3.05) is 38.2 Å². The summed E-state index contributed by atoms with van der Waals surface area (Å²) in [6.45, 7) is 4.83. The molecule has 0 bridgehead atoms. The summed E-state index contributed by atoms with van der Waals surface area (Å²) in [6.07, 6.45) is -4.48. The molecule has 0 aromatic heterocycles. The third-order valence-corrected chi connectivity index (χ3v) is 5.49. The molecule has 9 heteroatoms. The lowest BCUT2D eigenvalue weighted by Crippen LogP contribution is -2.51. The van der Waals surface area contributed by atoms with Gasteiger partial charge in [-0.1, -0.05) is 6.07 Å². The van der Waals surface area contributed by atoms with Crippen LogP contribution in [0.3, 0.4) is 0 Å². The first kappa shape index (κ1) is 20.4. The fourth-order valence-electron chi connectivity index (χ4n) is 3.89. The summed E-state index contributed by atoms with van der Waals surface area (Å²) in [4.78, 5) is 28.1.